The van der Waals surface area contributed by atoms with E-state index in [-0.39, 0.29) is 5.91 Å². The van der Waals surface area contributed by atoms with Crippen LogP contribution in [0.4, 0.5) is 5.69 Å². The van der Waals surface area contributed by atoms with Crippen molar-refractivity contribution >= 4 is 45.5 Å². The summed E-state index contributed by atoms with van der Waals surface area (Å²) in [5, 5.41) is 0. The third-order valence-corrected chi connectivity index (χ3v) is 9.96. The van der Waals surface area contributed by atoms with Gasteiger partial charge in [0, 0.05) is 18.7 Å². The zero-order chi connectivity index (χ0) is 30.6. The highest BCUT2D eigenvalue weighted by Gasteiger charge is 2.41. The van der Waals surface area contributed by atoms with E-state index in [2.05, 4.69) is 155 Å². The predicted molar refractivity (Wildman–Crippen MR) is 188 cm³/mol. The minimum atomic E-state index is -0.549. The lowest BCUT2D eigenvalue weighted by Gasteiger charge is -2.43. The predicted octanol–water partition coefficient (Wildman–Crippen LogP) is 8.96. The lowest BCUT2D eigenvalue weighted by atomic mass is 9.64. The van der Waals surface area contributed by atoms with Crippen LogP contribution in [-0.2, 0) is 10.2 Å². The summed E-state index contributed by atoms with van der Waals surface area (Å²) in [6, 6.07) is 38.9. The number of nitrogens with zero attached hydrogens (tertiary/aromatic N) is 2. The number of thioether (sulfide) groups is 1. The van der Waals surface area contributed by atoms with Gasteiger partial charge in [-0.15, -0.1) is 0 Å². The Hall–Kier alpha value is -3.67. The topological polar surface area (TPSA) is 23.6 Å². The summed E-state index contributed by atoms with van der Waals surface area (Å²) < 4.78 is 0.772. The molecule has 0 radical (unpaired) electrons. The molecule has 5 heteroatoms. The Morgan fingerprint density at radius 2 is 1.28 bits per heavy atom. The van der Waals surface area contributed by atoms with Gasteiger partial charge >= 0.3 is 0 Å². The fourth-order valence-corrected chi connectivity index (χ4v) is 7.80. The van der Waals surface area contributed by atoms with Gasteiger partial charge in [-0.3, -0.25) is 4.79 Å². The molecule has 3 nitrogen and oxygen atoms in total. The number of allylic oxidation sites excluding steroid dienone is 1. The van der Waals surface area contributed by atoms with Crippen molar-refractivity contribution in [3.63, 3.8) is 0 Å². The summed E-state index contributed by atoms with van der Waals surface area (Å²) in [6.45, 7) is 12.2. The molecular formula is C38H40N2OS2. The summed E-state index contributed by atoms with van der Waals surface area (Å²) in [5.41, 5.74) is 6.91. The van der Waals surface area contributed by atoms with E-state index < -0.39 is 11.0 Å². The van der Waals surface area contributed by atoms with E-state index in [1.54, 1.807) is 0 Å². The molecule has 0 bridgehead atoms. The molecule has 0 saturated heterocycles. The van der Waals surface area contributed by atoms with Gasteiger partial charge in [-0.05, 0) is 74.6 Å². The van der Waals surface area contributed by atoms with Crippen molar-refractivity contribution in [2.45, 2.75) is 45.6 Å². The molecule has 0 unspecified atom stereocenters. The number of hydrogen-bond acceptors (Lipinski definition) is 3. The van der Waals surface area contributed by atoms with Crippen LogP contribution in [0, 0.1) is 0 Å². The lowest BCUT2D eigenvalue weighted by Crippen LogP contribution is -2.50. The minimum Gasteiger partial charge on any atom is -0.358 e. The second kappa shape index (κ2) is 12.9. The number of carbonyl (C=O) groups is 1. The molecule has 0 aromatic heterocycles. The highest BCUT2D eigenvalue weighted by atomic mass is 32.2. The third-order valence-electron chi connectivity index (χ3n) is 8.45. The Morgan fingerprint density at radius 3 is 1.74 bits per heavy atom. The van der Waals surface area contributed by atoms with Crippen molar-refractivity contribution in [3.05, 3.63) is 143 Å². The highest BCUT2D eigenvalue weighted by Crippen LogP contribution is 2.48. The van der Waals surface area contributed by atoms with Gasteiger partial charge in [0.2, 0.25) is 5.91 Å². The molecule has 1 aliphatic heterocycles. The van der Waals surface area contributed by atoms with Crippen molar-refractivity contribution in [2.75, 3.05) is 23.7 Å². The molecule has 4 aromatic carbocycles. The van der Waals surface area contributed by atoms with Gasteiger partial charge in [0.25, 0.3) is 0 Å². The molecule has 1 heterocycles. The van der Waals surface area contributed by atoms with Gasteiger partial charge in [0.1, 0.15) is 4.32 Å². The normalized spacial score (nSPS) is 14.1. The maximum atomic E-state index is 13.9. The van der Waals surface area contributed by atoms with Crippen LogP contribution in [0.25, 0.3) is 5.57 Å². The van der Waals surface area contributed by atoms with Crippen LogP contribution in [0.3, 0.4) is 0 Å². The van der Waals surface area contributed by atoms with Crippen LogP contribution in [0.5, 0.6) is 0 Å². The first-order chi connectivity index (χ1) is 20.7. The molecule has 0 aliphatic carbocycles. The highest BCUT2D eigenvalue weighted by molar-refractivity contribution is 8.23. The minimum absolute atomic E-state index is 0.0581. The Bertz CT molecular complexity index is 1510. The maximum absolute atomic E-state index is 13.9. The van der Waals surface area contributed by atoms with E-state index in [0.717, 1.165) is 34.2 Å². The second-order valence-corrected chi connectivity index (χ2v) is 13.1. The van der Waals surface area contributed by atoms with Crippen molar-refractivity contribution in [3.8, 4) is 0 Å². The first kappa shape index (κ1) is 30.8. The molecule has 0 atom stereocenters. The summed E-state index contributed by atoms with van der Waals surface area (Å²) in [6.07, 6.45) is 2.22. The van der Waals surface area contributed by atoms with Gasteiger partial charge in [0.05, 0.1) is 22.4 Å². The van der Waals surface area contributed by atoms with E-state index >= 15 is 0 Å². The summed E-state index contributed by atoms with van der Waals surface area (Å²) in [4.78, 5) is 18.0. The third kappa shape index (κ3) is 5.81. The summed E-state index contributed by atoms with van der Waals surface area (Å²) in [7, 11) is 0. The van der Waals surface area contributed by atoms with Crippen molar-refractivity contribution in [1.29, 1.82) is 0 Å². The monoisotopic (exact) mass is 604 g/mol. The molecule has 1 amide bonds. The molecule has 0 saturated carbocycles. The molecule has 0 spiro atoms. The molecule has 0 N–H and O–H groups in total. The fourth-order valence-electron chi connectivity index (χ4n) is 6.54. The van der Waals surface area contributed by atoms with Crippen molar-refractivity contribution < 1.29 is 4.79 Å². The van der Waals surface area contributed by atoms with Crippen LogP contribution >= 0.6 is 24.0 Å². The SMILES string of the molecule is CCN(CC)C(=S)SCC(=O)N1c2ccc(C(c3ccccc3)(c3ccccc3)c3ccccc3)cc2C(C)=CC1(C)C. The van der Waals surface area contributed by atoms with Crippen LogP contribution in [0.2, 0.25) is 0 Å². The van der Waals surface area contributed by atoms with E-state index in [0.29, 0.717) is 5.75 Å². The number of amides is 1. The average Bonchev–Trinajstić information content (AvgIpc) is 3.02. The first-order valence-corrected chi connectivity index (χ1v) is 16.4. The molecular weight excluding hydrogens is 565 g/mol. The van der Waals surface area contributed by atoms with E-state index in [9.17, 15) is 4.79 Å². The zero-order valence-electron chi connectivity index (χ0n) is 25.7. The van der Waals surface area contributed by atoms with Gasteiger partial charge in [-0.1, -0.05) is 127 Å². The number of rotatable bonds is 8. The van der Waals surface area contributed by atoms with E-state index in [1.807, 2.05) is 4.90 Å². The molecule has 0 fully saturated rings. The number of anilines is 1. The molecule has 220 valence electrons. The van der Waals surface area contributed by atoms with Crippen molar-refractivity contribution in [2.24, 2.45) is 0 Å². The maximum Gasteiger partial charge on any atom is 0.238 e. The summed E-state index contributed by atoms with van der Waals surface area (Å²) in [5.74, 6) is 0.358. The quantitative estimate of drug-likeness (QED) is 0.148. The van der Waals surface area contributed by atoms with Crippen LogP contribution in [0.1, 0.15) is 62.4 Å². The average molecular weight is 605 g/mol. The summed E-state index contributed by atoms with van der Waals surface area (Å²) >= 11 is 7.11. The molecule has 4 aromatic rings. The fraction of sp³-hybridized carbons (Fsp3) is 0.263. The lowest BCUT2D eigenvalue weighted by molar-refractivity contribution is -0.116. The van der Waals surface area contributed by atoms with Gasteiger partial charge in [-0.2, -0.15) is 0 Å². The Morgan fingerprint density at radius 1 is 0.791 bits per heavy atom. The van der Waals surface area contributed by atoms with Crippen molar-refractivity contribution in [1.82, 2.24) is 4.90 Å². The van der Waals surface area contributed by atoms with E-state index in [4.69, 9.17) is 12.2 Å². The number of carbonyl (C=O) groups excluding carboxylic acids is 1. The number of hydrogen-bond donors (Lipinski definition) is 0. The number of benzene rings is 4. The van der Waals surface area contributed by atoms with Crippen LogP contribution < -0.4 is 4.90 Å². The largest absolute Gasteiger partial charge is 0.358 e. The Kier molecular flexibility index (Phi) is 9.24. The number of fused-ring (bicyclic) bond motifs is 1. The molecule has 1 aliphatic rings. The van der Waals surface area contributed by atoms with Gasteiger partial charge < -0.3 is 9.80 Å². The molecule has 43 heavy (non-hydrogen) atoms. The second-order valence-electron chi connectivity index (χ2n) is 11.5. The van der Waals surface area contributed by atoms with Crippen LogP contribution in [0.15, 0.2) is 115 Å². The Balaban J connectivity index is 1.67. The molecule has 5 rings (SSSR count). The first-order valence-electron chi connectivity index (χ1n) is 15.0. The van der Waals surface area contributed by atoms with Gasteiger partial charge in [0.15, 0.2) is 0 Å². The standard InChI is InChI=1S/C38H40N2OS2/c1-6-39(7-2)36(42)43-27-35(41)40-34-24-23-32(25-33(34)28(3)26-37(40,4)5)38(29-17-11-8-12-18-29,30-19-13-9-14-20-30)31-21-15-10-16-22-31/h8-26H,6-7,27H2,1-5H3. The van der Waals surface area contributed by atoms with Crippen LogP contribution in [-0.4, -0.2) is 39.5 Å². The number of thiocarbonyl (C=S) groups is 1. The zero-order valence-corrected chi connectivity index (χ0v) is 27.3. The smallest absolute Gasteiger partial charge is 0.238 e. The van der Waals surface area contributed by atoms with Gasteiger partial charge in [-0.25, -0.2) is 0 Å². The van der Waals surface area contributed by atoms with E-state index in [1.165, 1.54) is 34.0 Å². The Labute approximate surface area is 266 Å².